The van der Waals surface area contributed by atoms with E-state index in [0.717, 1.165) is 69.8 Å². The summed E-state index contributed by atoms with van der Waals surface area (Å²) in [4.78, 5) is 26.1. The van der Waals surface area contributed by atoms with Crippen LogP contribution in [0.3, 0.4) is 0 Å². The molecule has 1 aliphatic carbocycles. The normalized spacial score (nSPS) is 15.3. The molecule has 2 heteroatoms. The molecule has 0 heterocycles. The van der Waals surface area contributed by atoms with Gasteiger partial charge in [0.05, 0.1) is 0 Å². The van der Waals surface area contributed by atoms with Crippen molar-refractivity contribution in [3.8, 4) is 0 Å². The molecule has 0 bridgehead atoms. The van der Waals surface area contributed by atoms with Crippen molar-refractivity contribution >= 4 is 11.6 Å². The van der Waals surface area contributed by atoms with E-state index < -0.39 is 0 Å². The number of hydrogen-bond acceptors (Lipinski definition) is 2. The Kier molecular flexibility index (Phi) is 18.9. The monoisotopic (exact) mass is 663 g/mol. The van der Waals surface area contributed by atoms with Crippen molar-refractivity contribution in [3.05, 3.63) is 128 Å². The van der Waals surface area contributed by atoms with Crippen LogP contribution in [0, 0.1) is 6.92 Å². The average molecular weight is 663 g/mol. The first kappa shape index (κ1) is 41.7. The SMILES string of the molecule is CC(C)=CCC/C(C)=C/CC/C(C)=C/CC/C(C)=C/CC/C(C)=C/CC/C(C)=C/CC/C(C)=C\CC1=C(C)C(=O)c2c(C)cccc2C1=O. The number of Topliss-reactive ketones (excluding diaryl/α,β-unsaturated/α-hetero) is 2. The standard InChI is InChI=1S/C47H66O2/c1-34(2)18-11-19-35(3)20-12-21-36(4)22-13-23-37(5)24-14-25-38(6)26-15-27-39(7)28-16-29-40(8)32-33-43-42(10)46(48)45-41(9)30-17-31-44(45)47(43)49/h17-18,20,22,24,26,28,30-32H,11-16,19,21,23,25,27,29,33H2,1-10H3/b35-20+,36-22+,37-24+,38-26+,39-28+,40-32-. The molecule has 0 amide bonds. The molecule has 0 atom stereocenters. The van der Waals surface area contributed by atoms with Gasteiger partial charge in [0.2, 0.25) is 0 Å². The lowest BCUT2D eigenvalue weighted by Crippen LogP contribution is -2.21. The molecule has 0 N–H and O–H groups in total. The van der Waals surface area contributed by atoms with Gasteiger partial charge in [0.25, 0.3) is 0 Å². The summed E-state index contributed by atoms with van der Waals surface area (Å²) in [6, 6.07) is 5.55. The van der Waals surface area contributed by atoms with Gasteiger partial charge in [-0.2, -0.15) is 0 Å². The van der Waals surface area contributed by atoms with Gasteiger partial charge in [0.1, 0.15) is 0 Å². The first-order valence-corrected chi connectivity index (χ1v) is 18.8. The molecule has 266 valence electrons. The van der Waals surface area contributed by atoms with Crippen molar-refractivity contribution in [1.82, 2.24) is 0 Å². The number of carbonyl (C=O) groups is 2. The second-order valence-corrected chi connectivity index (χ2v) is 14.8. The fraction of sp³-hybridized carbons (Fsp3) is 0.489. The predicted molar refractivity (Wildman–Crippen MR) is 215 cm³/mol. The highest BCUT2D eigenvalue weighted by Crippen LogP contribution is 2.30. The summed E-state index contributed by atoms with van der Waals surface area (Å²) in [5.41, 5.74) is 13.3. The maximum absolute atomic E-state index is 13.1. The third-order valence-electron chi connectivity index (χ3n) is 9.72. The molecule has 1 aromatic carbocycles. The molecule has 0 unspecified atom stereocenters. The average Bonchev–Trinajstić information content (AvgIpc) is 3.03. The Morgan fingerprint density at radius 3 is 1.24 bits per heavy atom. The van der Waals surface area contributed by atoms with Crippen molar-refractivity contribution in [1.29, 1.82) is 0 Å². The molecule has 2 rings (SSSR count). The summed E-state index contributed by atoms with van der Waals surface area (Å²) >= 11 is 0. The number of allylic oxidation sites excluding steroid dienone is 16. The van der Waals surface area contributed by atoms with Gasteiger partial charge in [-0.3, -0.25) is 9.59 Å². The number of hydrogen-bond donors (Lipinski definition) is 0. The molecule has 1 aromatic rings. The summed E-state index contributed by atoms with van der Waals surface area (Å²) in [6.45, 7) is 21.5. The lowest BCUT2D eigenvalue weighted by atomic mass is 9.81. The highest BCUT2D eigenvalue weighted by molar-refractivity contribution is 6.27. The van der Waals surface area contributed by atoms with Crippen LogP contribution < -0.4 is 0 Å². The number of ketones is 2. The fourth-order valence-electron chi connectivity index (χ4n) is 6.27. The summed E-state index contributed by atoms with van der Waals surface area (Å²) in [5, 5.41) is 0. The Bertz CT molecular complexity index is 1540. The summed E-state index contributed by atoms with van der Waals surface area (Å²) in [7, 11) is 0. The molecule has 0 aromatic heterocycles. The van der Waals surface area contributed by atoms with Crippen LogP contribution in [0.5, 0.6) is 0 Å². The van der Waals surface area contributed by atoms with Gasteiger partial charge in [-0.15, -0.1) is 0 Å². The molecule has 2 nitrogen and oxygen atoms in total. The molecule has 0 fully saturated rings. The minimum absolute atomic E-state index is 0.000815. The van der Waals surface area contributed by atoms with Crippen molar-refractivity contribution in [2.75, 3.05) is 0 Å². The Labute approximate surface area is 300 Å². The highest BCUT2D eigenvalue weighted by Gasteiger charge is 2.30. The predicted octanol–water partition coefficient (Wildman–Crippen LogP) is 14.4. The third-order valence-corrected chi connectivity index (χ3v) is 9.72. The van der Waals surface area contributed by atoms with Crippen LogP contribution in [0.4, 0.5) is 0 Å². The van der Waals surface area contributed by atoms with E-state index in [9.17, 15) is 9.59 Å². The van der Waals surface area contributed by atoms with Crippen LogP contribution in [0.2, 0.25) is 0 Å². The van der Waals surface area contributed by atoms with Gasteiger partial charge in [-0.1, -0.05) is 99.7 Å². The van der Waals surface area contributed by atoms with E-state index in [-0.39, 0.29) is 11.6 Å². The molecule has 0 aliphatic heterocycles. The molecule has 0 spiro atoms. The molecular weight excluding hydrogens is 597 g/mol. The smallest absolute Gasteiger partial charge is 0.190 e. The largest absolute Gasteiger partial charge is 0.289 e. The second-order valence-electron chi connectivity index (χ2n) is 14.8. The van der Waals surface area contributed by atoms with Crippen LogP contribution in [-0.2, 0) is 0 Å². The Hall–Kier alpha value is -3.52. The van der Waals surface area contributed by atoms with E-state index in [1.165, 1.54) is 51.9 Å². The Morgan fingerprint density at radius 1 is 0.490 bits per heavy atom. The molecule has 0 saturated carbocycles. The van der Waals surface area contributed by atoms with E-state index in [2.05, 4.69) is 97.9 Å². The fourth-order valence-corrected chi connectivity index (χ4v) is 6.27. The molecule has 0 saturated heterocycles. The zero-order valence-corrected chi connectivity index (χ0v) is 32.8. The zero-order chi connectivity index (χ0) is 36.3. The van der Waals surface area contributed by atoms with Crippen molar-refractivity contribution < 1.29 is 9.59 Å². The zero-order valence-electron chi connectivity index (χ0n) is 32.8. The van der Waals surface area contributed by atoms with Crippen LogP contribution in [0.25, 0.3) is 0 Å². The lowest BCUT2D eigenvalue weighted by molar-refractivity contribution is 0.0972. The van der Waals surface area contributed by atoms with E-state index in [1.54, 1.807) is 13.0 Å². The molecular formula is C47H66O2. The number of fused-ring (bicyclic) bond motifs is 1. The number of rotatable bonds is 20. The quantitative estimate of drug-likeness (QED) is 0.130. The topological polar surface area (TPSA) is 34.1 Å². The van der Waals surface area contributed by atoms with Gasteiger partial charge in [-0.05, 0) is 158 Å². The van der Waals surface area contributed by atoms with Crippen LogP contribution in [0.1, 0.15) is 172 Å². The minimum Gasteiger partial charge on any atom is -0.289 e. The summed E-state index contributed by atoms with van der Waals surface area (Å²) in [6.07, 6.45) is 30.4. The van der Waals surface area contributed by atoms with Crippen molar-refractivity contribution in [3.63, 3.8) is 0 Å². The van der Waals surface area contributed by atoms with E-state index >= 15 is 0 Å². The number of benzene rings is 1. The number of carbonyl (C=O) groups excluding carboxylic acids is 2. The summed E-state index contributed by atoms with van der Waals surface area (Å²) in [5.74, 6) is -0.00742. The van der Waals surface area contributed by atoms with Crippen molar-refractivity contribution in [2.45, 2.75) is 153 Å². The Morgan fingerprint density at radius 2 is 0.857 bits per heavy atom. The minimum atomic E-state index is -0.00660. The first-order chi connectivity index (χ1) is 23.3. The van der Waals surface area contributed by atoms with Crippen LogP contribution in [0.15, 0.2) is 111 Å². The Balaban J connectivity index is 1.67. The molecule has 1 aliphatic rings. The van der Waals surface area contributed by atoms with Crippen LogP contribution in [-0.4, -0.2) is 11.6 Å². The summed E-state index contributed by atoms with van der Waals surface area (Å²) < 4.78 is 0. The maximum atomic E-state index is 13.1. The number of aryl methyl sites for hydroxylation is 1. The third kappa shape index (κ3) is 15.7. The van der Waals surface area contributed by atoms with Gasteiger partial charge in [0, 0.05) is 22.3 Å². The van der Waals surface area contributed by atoms with E-state index in [1.807, 2.05) is 19.1 Å². The van der Waals surface area contributed by atoms with Gasteiger partial charge in [0.15, 0.2) is 11.6 Å². The second kappa shape index (κ2) is 22.2. The van der Waals surface area contributed by atoms with Crippen LogP contribution >= 0.6 is 0 Å². The molecule has 49 heavy (non-hydrogen) atoms. The van der Waals surface area contributed by atoms with Crippen molar-refractivity contribution in [2.24, 2.45) is 0 Å². The maximum Gasteiger partial charge on any atom is 0.190 e. The highest BCUT2D eigenvalue weighted by atomic mass is 16.1. The van der Waals surface area contributed by atoms with Gasteiger partial charge < -0.3 is 0 Å². The van der Waals surface area contributed by atoms with Gasteiger partial charge >= 0.3 is 0 Å². The molecule has 0 radical (unpaired) electrons. The van der Waals surface area contributed by atoms with E-state index in [0.29, 0.717) is 28.7 Å². The van der Waals surface area contributed by atoms with Gasteiger partial charge in [-0.25, -0.2) is 0 Å². The first-order valence-electron chi connectivity index (χ1n) is 18.8. The van der Waals surface area contributed by atoms with E-state index in [4.69, 9.17) is 0 Å². The lowest BCUT2D eigenvalue weighted by Gasteiger charge is -2.20.